The molecule has 0 saturated carbocycles. The van der Waals surface area contributed by atoms with Gasteiger partial charge in [-0.3, -0.25) is 0 Å². The molecule has 0 amide bonds. The molecule has 42 heavy (non-hydrogen) atoms. The summed E-state index contributed by atoms with van der Waals surface area (Å²) in [7, 11) is 0. The number of hydrogen-bond donors (Lipinski definition) is 0. The molecular formula is C36H42O6. The predicted molar refractivity (Wildman–Crippen MR) is 165 cm³/mol. The number of hydrogen-bond acceptors (Lipinski definition) is 6. The normalized spacial score (nSPS) is 17.4. The van der Waals surface area contributed by atoms with Crippen LogP contribution < -0.4 is 0 Å². The minimum Gasteiger partial charge on any atom is -0.373 e. The number of ether oxygens (including phenoxy) is 6. The molecule has 4 aliphatic rings. The molecule has 222 valence electrons. The molecule has 0 aromatic heterocycles. The fourth-order valence-electron chi connectivity index (χ4n) is 4.07. The molecule has 0 spiro atoms. The molecule has 6 nitrogen and oxygen atoms in total. The van der Waals surface area contributed by atoms with Crippen molar-refractivity contribution in [3.05, 3.63) is 143 Å². The Morgan fingerprint density at radius 3 is 0.524 bits per heavy atom. The number of fused-ring (bicyclic) bond motifs is 3. The van der Waals surface area contributed by atoms with Gasteiger partial charge in [0.25, 0.3) is 0 Å². The van der Waals surface area contributed by atoms with Crippen molar-refractivity contribution in [2.45, 2.75) is 39.6 Å². The molecule has 0 radical (unpaired) electrons. The van der Waals surface area contributed by atoms with E-state index in [-0.39, 0.29) is 0 Å². The highest BCUT2D eigenvalue weighted by Crippen LogP contribution is 2.10. The highest BCUT2D eigenvalue weighted by atomic mass is 16.5. The maximum absolute atomic E-state index is 5.76. The summed E-state index contributed by atoms with van der Waals surface area (Å²) in [6.45, 7) is 6.71. The van der Waals surface area contributed by atoms with Gasteiger partial charge in [-0.25, -0.2) is 0 Å². The second kappa shape index (κ2) is 19.7. The summed E-state index contributed by atoms with van der Waals surface area (Å²) in [5, 5.41) is 0. The Bertz CT molecular complexity index is 965. The van der Waals surface area contributed by atoms with E-state index in [1.165, 1.54) is 0 Å². The van der Waals surface area contributed by atoms with Crippen LogP contribution in [0, 0.1) is 0 Å². The summed E-state index contributed by atoms with van der Waals surface area (Å²) < 4.78 is 34.5. The monoisotopic (exact) mass is 570 g/mol. The first-order chi connectivity index (χ1) is 20.8. The van der Waals surface area contributed by atoms with Crippen molar-refractivity contribution in [1.82, 2.24) is 0 Å². The Kier molecular flexibility index (Phi) is 14.8. The Balaban J connectivity index is 1.23. The molecular weight excluding hydrogens is 528 g/mol. The predicted octanol–water partition coefficient (Wildman–Crippen LogP) is 6.87. The van der Waals surface area contributed by atoms with E-state index in [1.54, 1.807) is 0 Å². The third-order valence-corrected chi connectivity index (χ3v) is 6.47. The van der Waals surface area contributed by atoms with E-state index in [0.29, 0.717) is 79.3 Å². The fraction of sp³-hybridized carbons (Fsp3) is 0.333. The Morgan fingerprint density at radius 1 is 0.238 bits per heavy atom. The molecule has 0 saturated heterocycles. The van der Waals surface area contributed by atoms with E-state index in [0.717, 1.165) is 33.4 Å². The first-order valence-electron chi connectivity index (χ1n) is 14.5. The van der Waals surface area contributed by atoms with Gasteiger partial charge < -0.3 is 28.4 Å². The van der Waals surface area contributed by atoms with E-state index >= 15 is 0 Å². The van der Waals surface area contributed by atoms with Gasteiger partial charge in [-0.15, -0.1) is 0 Å². The summed E-state index contributed by atoms with van der Waals surface area (Å²) in [6.07, 6.45) is 12.0. The molecule has 7 rings (SSSR count). The van der Waals surface area contributed by atoms with Crippen LogP contribution in [0.5, 0.6) is 0 Å². The maximum atomic E-state index is 5.76. The lowest BCUT2D eigenvalue weighted by atomic mass is 10.1. The molecule has 0 N–H and O–H groups in total. The van der Waals surface area contributed by atoms with Gasteiger partial charge in [0.05, 0.1) is 79.3 Å². The quantitative estimate of drug-likeness (QED) is 0.275. The van der Waals surface area contributed by atoms with Gasteiger partial charge in [-0.2, -0.15) is 0 Å². The topological polar surface area (TPSA) is 55.4 Å². The highest BCUT2D eigenvalue weighted by molar-refractivity contribution is 5.23. The van der Waals surface area contributed by atoms with Crippen LogP contribution in [0.2, 0.25) is 0 Å². The molecule has 3 aromatic carbocycles. The van der Waals surface area contributed by atoms with Crippen LogP contribution in [0.1, 0.15) is 33.4 Å². The van der Waals surface area contributed by atoms with Gasteiger partial charge in [-0.1, -0.05) is 109 Å². The van der Waals surface area contributed by atoms with Crippen molar-refractivity contribution in [3.63, 3.8) is 0 Å². The minimum absolute atomic E-state index is 0.549. The lowest BCUT2D eigenvalue weighted by Crippen LogP contribution is -1.98. The fourth-order valence-corrected chi connectivity index (χ4v) is 4.07. The Morgan fingerprint density at radius 2 is 0.381 bits per heavy atom. The van der Waals surface area contributed by atoms with Crippen molar-refractivity contribution in [1.29, 1.82) is 0 Å². The number of benzene rings is 3. The van der Waals surface area contributed by atoms with Crippen LogP contribution in [0.25, 0.3) is 0 Å². The summed E-state index contributed by atoms with van der Waals surface area (Å²) in [6, 6.07) is 25.0. The largest absolute Gasteiger partial charge is 0.373 e. The molecule has 6 bridgehead atoms. The second-order valence-electron chi connectivity index (χ2n) is 9.95. The van der Waals surface area contributed by atoms with Crippen molar-refractivity contribution in [2.24, 2.45) is 0 Å². The Hall–Kier alpha value is -3.36. The van der Waals surface area contributed by atoms with Crippen LogP contribution in [0.4, 0.5) is 0 Å². The first kappa shape index (κ1) is 31.6. The molecule has 0 atom stereocenters. The van der Waals surface area contributed by atoms with Crippen LogP contribution in [-0.2, 0) is 68.1 Å². The van der Waals surface area contributed by atoms with Gasteiger partial charge >= 0.3 is 0 Å². The van der Waals surface area contributed by atoms with Crippen molar-refractivity contribution in [3.8, 4) is 0 Å². The highest BCUT2D eigenvalue weighted by Gasteiger charge is 1.99. The number of rotatable bonds is 0. The summed E-state index contributed by atoms with van der Waals surface area (Å²) in [5.41, 5.74) is 6.82. The SMILES string of the molecule is C1=CCOCc2ccc(cc2)COCC=CCOCc2ccc(cc2)COCC=CCOCc2ccc(cc2)COC1. The standard InChI is InChI=1S/C36H42O6/c1-2-20-38-26-32-11-13-34(14-12-32)28-40-22-5-6-24-42-30-36-17-15-35(16-18-36)29-41-23-4-3-21-39-27-33-9-7-31(8-10-33)25-37-19-1/h1-18H,19-30H2. The zero-order valence-electron chi connectivity index (χ0n) is 24.3. The van der Waals surface area contributed by atoms with Crippen LogP contribution >= 0.6 is 0 Å². The van der Waals surface area contributed by atoms with E-state index in [4.69, 9.17) is 28.4 Å². The van der Waals surface area contributed by atoms with E-state index in [1.807, 2.05) is 36.5 Å². The molecule has 0 unspecified atom stereocenters. The summed E-state index contributed by atoms with van der Waals surface area (Å²) in [5.74, 6) is 0. The van der Waals surface area contributed by atoms with Crippen LogP contribution in [0.3, 0.4) is 0 Å². The zero-order valence-corrected chi connectivity index (χ0v) is 24.3. The molecule has 4 heterocycles. The maximum Gasteiger partial charge on any atom is 0.0721 e. The van der Waals surface area contributed by atoms with Crippen LogP contribution in [0.15, 0.2) is 109 Å². The smallest absolute Gasteiger partial charge is 0.0721 e. The molecule has 4 aliphatic heterocycles. The van der Waals surface area contributed by atoms with E-state index in [2.05, 4.69) is 72.8 Å². The average Bonchev–Trinajstić information content (AvgIpc) is 3.02. The Labute approximate surface area is 250 Å². The molecule has 3 aromatic rings. The minimum atomic E-state index is 0.549. The molecule has 0 aliphatic carbocycles. The van der Waals surface area contributed by atoms with Gasteiger partial charge in [0.15, 0.2) is 0 Å². The lowest BCUT2D eigenvalue weighted by molar-refractivity contribution is 0.138. The van der Waals surface area contributed by atoms with Gasteiger partial charge in [0.1, 0.15) is 0 Å². The van der Waals surface area contributed by atoms with E-state index in [9.17, 15) is 0 Å². The molecule has 6 heteroatoms. The van der Waals surface area contributed by atoms with Gasteiger partial charge in [0, 0.05) is 0 Å². The van der Waals surface area contributed by atoms with Gasteiger partial charge in [0.2, 0.25) is 0 Å². The van der Waals surface area contributed by atoms with Crippen molar-refractivity contribution in [2.75, 3.05) is 39.6 Å². The third kappa shape index (κ3) is 13.1. The summed E-state index contributed by atoms with van der Waals surface area (Å²) in [4.78, 5) is 0. The van der Waals surface area contributed by atoms with Gasteiger partial charge in [-0.05, 0) is 33.4 Å². The van der Waals surface area contributed by atoms with E-state index < -0.39 is 0 Å². The average molecular weight is 571 g/mol. The van der Waals surface area contributed by atoms with Crippen molar-refractivity contribution < 1.29 is 28.4 Å². The first-order valence-corrected chi connectivity index (χ1v) is 14.5. The lowest BCUT2D eigenvalue weighted by Gasteiger charge is -2.06. The molecule has 0 fully saturated rings. The summed E-state index contributed by atoms with van der Waals surface area (Å²) >= 11 is 0. The third-order valence-electron chi connectivity index (χ3n) is 6.47. The van der Waals surface area contributed by atoms with Crippen molar-refractivity contribution >= 4 is 0 Å². The zero-order chi connectivity index (χ0) is 28.9. The second-order valence-corrected chi connectivity index (χ2v) is 9.95. The van der Waals surface area contributed by atoms with Crippen LogP contribution in [-0.4, -0.2) is 39.6 Å².